The predicted octanol–water partition coefficient (Wildman–Crippen LogP) is 9.81. The topological polar surface area (TPSA) is 110 Å². The van der Waals surface area contributed by atoms with Crippen molar-refractivity contribution in [2.24, 2.45) is 0 Å². The van der Waals surface area contributed by atoms with E-state index in [4.69, 9.17) is 0 Å². The Balaban J connectivity index is 1.07. The van der Waals surface area contributed by atoms with E-state index in [1.807, 2.05) is 57.7 Å². The summed E-state index contributed by atoms with van der Waals surface area (Å²) in [4.78, 5) is 33.6. The molecule has 4 aromatic heterocycles. The van der Waals surface area contributed by atoms with Gasteiger partial charge in [-0.25, -0.2) is 28.3 Å². The molecular formula is C44H36F2N4O4. The molecule has 2 N–H and O–H groups in total. The maximum Gasteiger partial charge on any atom is 0.354 e. The minimum Gasteiger partial charge on any atom is -0.477 e. The highest BCUT2D eigenvalue weighted by atomic mass is 19.1. The van der Waals surface area contributed by atoms with E-state index >= 15 is 0 Å². The highest BCUT2D eigenvalue weighted by Crippen LogP contribution is 2.35. The van der Waals surface area contributed by atoms with Gasteiger partial charge in [0.25, 0.3) is 0 Å². The number of carboxylic acid groups (broad SMARTS) is 2. The molecule has 0 radical (unpaired) electrons. The van der Waals surface area contributed by atoms with E-state index in [-0.39, 0.29) is 36.1 Å². The first kappa shape index (κ1) is 34.7. The maximum atomic E-state index is 14.9. The number of aromatic nitrogens is 4. The van der Waals surface area contributed by atoms with Gasteiger partial charge in [-0.2, -0.15) is 0 Å². The number of nitrogens with zero attached hydrogens (tertiary/aromatic N) is 4. The van der Waals surface area contributed by atoms with E-state index < -0.39 is 11.9 Å². The number of rotatable bonds is 13. The normalized spacial score (nSPS) is 11.7. The molecule has 0 spiro atoms. The first-order valence-electron chi connectivity index (χ1n) is 18.0. The Hall–Kier alpha value is -6.42. The average molecular weight is 723 g/mol. The Bertz CT molecular complexity index is 2550. The lowest BCUT2D eigenvalue weighted by atomic mass is 10.0. The van der Waals surface area contributed by atoms with Crippen LogP contribution in [0.25, 0.3) is 43.6 Å². The molecule has 0 saturated heterocycles. The van der Waals surface area contributed by atoms with Gasteiger partial charge in [0.05, 0.1) is 35.5 Å². The molecule has 10 heteroatoms. The molecule has 0 fully saturated rings. The molecule has 270 valence electrons. The molecule has 0 aliphatic heterocycles. The van der Waals surface area contributed by atoms with Gasteiger partial charge in [-0.05, 0) is 62.1 Å². The van der Waals surface area contributed by atoms with E-state index in [1.165, 1.54) is 12.1 Å². The summed E-state index contributed by atoms with van der Waals surface area (Å²) < 4.78 is 33.8. The molecule has 8 rings (SSSR count). The van der Waals surface area contributed by atoms with Gasteiger partial charge < -0.3 is 19.3 Å². The zero-order valence-corrected chi connectivity index (χ0v) is 29.3. The molecule has 4 aromatic carbocycles. The van der Waals surface area contributed by atoms with Crippen molar-refractivity contribution < 1.29 is 28.6 Å². The van der Waals surface area contributed by atoms with Crippen molar-refractivity contribution >= 4 is 55.6 Å². The van der Waals surface area contributed by atoms with E-state index in [2.05, 4.69) is 9.97 Å². The molecule has 0 saturated carbocycles. The lowest BCUT2D eigenvalue weighted by Crippen LogP contribution is -2.08. The minimum atomic E-state index is -1.11. The number of pyridine rings is 2. The van der Waals surface area contributed by atoms with Gasteiger partial charge >= 0.3 is 11.9 Å². The van der Waals surface area contributed by atoms with Crippen LogP contribution >= 0.6 is 0 Å². The first-order chi connectivity index (χ1) is 26.3. The number of fused-ring (bicyclic) bond motifs is 6. The fraction of sp³-hybridized carbons (Fsp3) is 0.182. The molecule has 8 aromatic rings. The average Bonchev–Trinajstić information content (AvgIpc) is 3.67. The van der Waals surface area contributed by atoms with Gasteiger partial charge in [-0.1, -0.05) is 85.6 Å². The smallest absolute Gasteiger partial charge is 0.354 e. The third-order valence-corrected chi connectivity index (χ3v) is 10.2. The molecule has 0 atom stereocenters. The van der Waals surface area contributed by atoms with Crippen LogP contribution in [0, 0.1) is 11.6 Å². The summed E-state index contributed by atoms with van der Waals surface area (Å²) in [7, 11) is 0. The number of carboxylic acids is 2. The summed E-state index contributed by atoms with van der Waals surface area (Å²) in [6.45, 7) is 0.532. The largest absolute Gasteiger partial charge is 0.477 e. The van der Waals surface area contributed by atoms with Crippen molar-refractivity contribution in [3.63, 3.8) is 0 Å². The molecule has 8 nitrogen and oxygen atoms in total. The van der Waals surface area contributed by atoms with E-state index in [0.29, 0.717) is 35.4 Å². The van der Waals surface area contributed by atoms with Crippen molar-refractivity contribution in [3.8, 4) is 0 Å². The van der Waals surface area contributed by atoms with E-state index in [9.17, 15) is 28.6 Å². The minimum absolute atomic E-state index is 0.0366. The second-order valence-electron chi connectivity index (χ2n) is 13.6. The van der Waals surface area contributed by atoms with Gasteiger partial charge in [0.15, 0.2) is 0 Å². The Morgan fingerprint density at radius 3 is 1.31 bits per heavy atom. The zero-order valence-electron chi connectivity index (χ0n) is 29.3. The lowest BCUT2D eigenvalue weighted by Gasteiger charge is -2.13. The van der Waals surface area contributed by atoms with Crippen LogP contribution in [-0.2, 0) is 25.9 Å². The third kappa shape index (κ3) is 6.44. The first-order valence-corrected chi connectivity index (χ1v) is 18.0. The highest BCUT2D eigenvalue weighted by molar-refractivity contribution is 6.11. The molecule has 0 aliphatic rings. The second kappa shape index (κ2) is 14.5. The van der Waals surface area contributed by atoms with Crippen molar-refractivity contribution in [2.75, 3.05) is 0 Å². The van der Waals surface area contributed by atoms with Crippen molar-refractivity contribution in [3.05, 3.63) is 155 Å². The summed E-state index contributed by atoms with van der Waals surface area (Å²) in [5, 5.41) is 23.2. The number of aromatic carboxylic acids is 2. The molecule has 4 heterocycles. The van der Waals surface area contributed by atoms with Gasteiger partial charge in [-0.15, -0.1) is 0 Å². The zero-order chi connectivity index (χ0) is 37.3. The Labute approximate surface area is 308 Å². The quantitative estimate of drug-likeness (QED) is 0.115. The van der Waals surface area contributed by atoms with Crippen LogP contribution in [0.4, 0.5) is 8.78 Å². The van der Waals surface area contributed by atoms with Crippen molar-refractivity contribution in [2.45, 2.75) is 51.6 Å². The third-order valence-electron chi connectivity index (χ3n) is 10.2. The van der Waals surface area contributed by atoms with Crippen molar-refractivity contribution in [1.29, 1.82) is 0 Å². The van der Waals surface area contributed by atoms with Gasteiger partial charge in [-0.3, -0.25) is 0 Å². The number of halogens is 2. The fourth-order valence-corrected chi connectivity index (χ4v) is 7.74. The summed E-state index contributed by atoms with van der Waals surface area (Å²) in [5.41, 5.74) is 5.60. The van der Waals surface area contributed by atoms with Crippen LogP contribution in [0.5, 0.6) is 0 Å². The van der Waals surface area contributed by atoms with E-state index in [0.717, 1.165) is 69.3 Å². The van der Waals surface area contributed by atoms with Gasteiger partial charge in [0.2, 0.25) is 0 Å². The summed E-state index contributed by atoms with van der Waals surface area (Å²) >= 11 is 0. The molecule has 0 aliphatic carbocycles. The Morgan fingerprint density at radius 1 is 0.519 bits per heavy atom. The Kier molecular flexibility index (Phi) is 9.33. The Morgan fingerprint density at radius 2 is 0.907 bits per heavy atom. The van der Waals surface area contributed by atoms with Crippen LogP contribution in [-0.4, -0.2) is 41.3 Å². The van der Waals surface area contributed by atoms with E-state index in [1.54, 1.807) is 48.5 Å². The molecule has 0 amide bonds. The number of para-hydroxylation sites is 2. The monoisotopic (exact) mass is 722 g/mol. The molecular weight excluding hydrogens is 687 g/mol. The van der Waals surface area contributed by atoms with Crippen LogP contribution in [0.3, 0.4) is 0 Å². The van der Waals surface area contributed by atoms with Crippen LogP contribution in [0.1, 0.15) is 69.2 Å². The standard InChI is InChI=1S/C44H36F2N4O4/c45-33-17-9-5-13-27(33)25-49-39-21-11-7-15-29(39)31-23-37(43(51)52)47-35(41(31)49)19-3-1-2-4-20-36-42-32(24-38(48-36)44(53)54)30-16-8-12-22-40(30)50(42)26-28-14-6-10-18-34(28)46/h5-18,21-24H,1-4,19-20,25-26H2,(H,51,52)(H,53,54). The SMILES string of the molecule is O=C(O)c1cc2c3ccccc3n(Cc3ccccc3F)c2c(CCCCCCc2nc(C(=O)O)cc3c4ccccc4n(Cc4ccccc4F)c23)n1. The fourth-order valence-electron chi connectivity index (χ4n) is 7.74. The van der Waals surface area contributed by atoms with Crippen LogP contribution in [0.15, 0.2) is 109 Å². The number of carbonyl (C=O) groups is 2. The number of benzene rings is 4. The predicted molar refractivity (Wildman–Crippen MR) is 205 cm³/mol. The summed E-state index contributed by atoms with van der Waals surface area (Å²) in [6, 6.07) is 32.0. The number of hydrogen-bond donors (Lipinski definition) is 2. The van der Waals surface area contributed by atoms with Crippen LogP contribution < -0.4 is 0 Å². The highest BCUT2D eigenvalue weighted by Gasteiger charge is 2.22. The maximum absolute atomic E-state index is 14.9. The number of hydrogen-bond acceptors (Lipinski definition) is 4. The van der Waals surface area contributed by atoms with Crippen LogP contribution in [0.2, 0.25) is 0 Å². The summed E-state index contributed by atoms with van der Waals surface area (Å²) in [5.74, 6) is -2.85. The van der Waals surface area contributed by atoms with Gasteiger partial charge in [0.1, 0.15) is 23.0 Å². The molecule has 0 unspecified atom stereocenters. The lowest BCUT2D eigenvalue weighted by molar-refractivity contribution is 0.0680. The summed E-state index contributed by atoms with van der Waals surface area (Å²) in [6.07, 6.45) is 4.07. The second-order valence-corrected chi connectivity index (χ2v) is 13.6. The number of unbranched alkanes of at least 4 members (excludes halogenated alkanes) is 3. The van der Waals surface area contributed by atoms with Gasteiger partial charge in [0, 0.05) is 43.7 Å². The molecule has 0 bridgehead atoms. The molecule has 54 heavy (non-hydrogen) atoms. The van der Waals surface area contributed by atoms with Crippen molar-refractivity contribution in [1.82, 2.24) is 19.1 Å². The number of aryl methyl sites for hydroxylation is 2.